The van der Waals surface area contributed by atoms with E-state index in [0.29, 0.717) is 5.82 Å². The van der Waals surface area contributed by atoms with Gasteiger partial charge in [-0.05, 0) is 0 Å². The Kier molecular flexibility index (Phi) is 3.33. The first-order chi connectivity index (χ1) is 7.10. The maximum Gasteiger partial charge on any atom is 0.288 e. The lowest BCUT2D eigenvalue weighted by molar-refractivity contribution is -0.385. The van der Waals surface area contributed by atoms with Crippen molar-refractivity contribution in [3.05, 3.63) is 27.9 Å². The van der Waals surface area contributed by atoms with E-state index in [1.807, 2.05) is 0 Å². The number of hydrogen-bond donors (Lipinski definition) is 1. The lowest BCUT2D eigenvalue weighted by Gasteiger charge is -2.05. The molecule has 0 radical (unpaired) electrons. The second-order valence-corrected chi connectivity index (χ2v) is 2.87. The Balaban J connectivity index is 3.25. The summed E-state index contributed by atoms with van der Waals surface area (Å²) in [5, 5.41) is 13.2. The third-order valence-corrected chi connectivity index (χ3v) is 1.94. The molecule has 0 saturated carbocycles. The Bertz CT molecular complexity index is 404. The maximum absolute atomic E-state index is 11.5. The first-order valence-electron chi connectivity index (χ1n) is 4.45. The molecule has 1 rings (SSSR count). The lowest BCUT2D eigenvalue weighted by Crippen LogP contribution is -2.05. The second kappa shape index (κ2) is 4.50. The van der Waals surface area contributed by atoms with Crippen LogP contribution in [0.5, 0.6) is 0 Å². The van der Waals surface area contributed by atoms with E-state index in [9.17, 15) is 14.9 Å². The summed E-state index contributed by atoms with van der Waals surface area (Å²) < 4.78 is 0. The van der Waals surface area contributed by atoms with Crippen LogP contribution in [0.3, 0.4) is 0 Å². The number of anilines is 1. The van der Waals surface area contributed by atoms with Gasteiger partial charge < -0.3 is 5.32 Å². The highest BCUT2D eigenvalue weighted by molar-refractivity contribution is 6.00. The Morgan fingerprint density at radius 3 is 2.80 bits per heavy atom. The lowest BCUT2D eigenvalue weighted by atomic mass is 10.1. The standard InChI is InChI=1S/C9H11N3O3/c1-3-8(13)7-4-6(12(14)15)5-11-9(7)10-2/h4-5H,3H2,1-2H3,(H,10,11). The Hall–Kier alpha value is -1.98. The summed E-state index contributed by atoms with van der Waals surface area (Å²) in [6, 6.07) is 1.24. The van der Waals surface area contributed by atoms with E-state index >= 15 is 0 Å². The van der Waals surface area contributed by atoms with Crippen molar-refractivity contribution in [2.24, 2.45) is 0 Å². The van der Waals surface area contributed by atoms with Crippen LogP contribution in [0.15, 0.2) is 12.3 Å². The molecule has 1 aromatic rings. The van der Waals surface area contributed by atoms with Gasteiger partial charge in [0.15, 0.2) is 5.78 Å². The summed E-state index contributed by atoms with van der Waals surface area (Å²) in [6.07, 6.45) is 1.41. The van der Waals surface area contributed by atoms with Crippen LogP contribution in [-0.4, -0.2) is 22.7 Å². The van der Waals surface area contributed by atoms with E-state index in [-0.39, 0.29) is 23.5 Å². The summed E-state index contributed by atoms with van der Waals surface area (Å²) in [7, 11) is 1.61. The van der Waals surface area contributed by atoms with E-state index < -0.39 is 4.92 Å². The van der Waals surface area contributed by atoms with Crippen molar-refractivity contribution in [2.45, 2.75) is 13.3 Å². The number of hydrogen-bond acceptors (Lipinski definition) is 5. The number of carbonyl (C=O) groups is 1. The molecule has 0 aromatic carbocycles. The first kappa shape index (κ1) is 11.1. The predicted octanol–water partition coefficient (Wildman–Crippen LogP) is 1.62. The molecule has 0 atom stereocenters. The van der Waals surface area contributed by atoms with Gasteiger partial charge >= 0.3 is 0 Å². The minimum Gasteiger partial charge on any atom is -0.373 e. The van der Waals surface area contributed by atoms with Gasteiger partial charge in [0, 0.05) is 19.5 Å². The molecule has 6 nitrogen and oxygen atoms in total. The molecule has 1 heterocycles. The Morgan fingerprint density at radius 2 is 2.33 bits per heavy atom. The summed E-state index contributed by atoms with van der Waals surface area (Å²) in [4.78, 5) is 25.2. The zero-order valence-electron chi connectivity index (χ0n) is 8.48. The number of pyridine rings is 1. The van der Waals surface area contributed by atoms with Crippen LogP contribution >= 0.6 is 0 Å². The molecule has 0 saturated heterocycles. The van der Waals surface area contributed by atoms with Crippen LogP contribution in [0, 0.1) is 10.1 Å². The molecule has 1 aromatic heterocycles. The van der Waals surface area contributed by atoms with Crippen molar-refractivity contribution < 1.29 is 9.72 Å². The van der Waals surface area contributed by atoms with E-state index in [0.717, 1.165) is 6.20 Å². The summed E-state index contributed by atoms with van der Waals surface area (Å²) in [5.41, 5.74) is 0.0833. The van der Waals surface area contributed by atoms with Gasteiger partial charge in [-0.1, -0.05) is 6.92 Å². The number of carbonyl (C=O) groups excluding carboxylic acids is 1. The molecule has 1 N–H and O–H groups in total. The third-order valence-electron chi connectivity index (χ3n) is 1.94. The van der Waals surface area contributed by atoms with Crippen LogP contribution in [0.2, 0.25) is 0 Å². The number of nitrogens with zero attached hydrogens (tertiary/aromatic N) is 2. The maximum atomic E-state index is 11.5. The molecular weight excluding hydrogens is 198 g/mol. The molecule has 15 heavy (non-hydrogen) atoms. The number of rotatable bonds is 4. The smallest absolute Gasteiger partial charge is 0.288 e. The van der Waals surface area contributed by atoms with Crippen molar-refractivity contribution >= 4 is 17.3 Å². The minimum absolute atomic E-state index is 0.171. The van der Waals surface area contributed by atoms with E-state index in [2.05, 4.69) is 10.3 Å². The van der Waals surface area contributed by atoms with Crippen molar-refractivity contribution in [2.75, 3.05) is 12.4 Å². The molecule has 0 aliphatic rings. The predicted molar refractivity (Wildman–Crippen MR) is 55.1 cm³/mol. The molecule has 0 aliphatic carbocycles. The van der Waals surface area contributed by atoms with Gasteiger partial charge in [-0.3, -0.25) is 14.9 Å². The molecule has 0 fully saturated rings. The third kappa shape index (κ3) is 2.28. The average Bonchev–Trinajstić information content (AvgIpc) is 2.27. The van der Waals surface area contributed by atoms with Crippen molar-refractivity contribution in [1.29, 1.82) is 0 Å². The highest BCUT2D eigenvalue weighted by atomic mass is 16.6. The fourth-order valence-corrected chi connectivity index (χ4v) is 1.16. The van der Waals surface area contributed by atoms with Crippen molar-refractivity contribution in [3.63, 3.8) is 0 Å². The number of nitrogens with one attached hydrogen (secondary N) is 1. The summed E-state index contributed by atoms with van der Waals surface area (Å²) in [6.45, 7) is 1.70. The zero-order chi connectivity index (χ0) is 11.4. The van der Waals surface area contributed by atoms with E-state index in [4.69, 9.17) is 0 Å². The van der Waals surface area contributed by atoms with Gasteiger partial charge in [0.05, 0.1) is 10.5 Å². The minimum atomic E-state index is -0.571. The number of aromatic nitrogens is 1. The average molecular weight is 209 g/mol. The molecule has 0 spiro atoms. The summed E-state index contributed by atoms with van der Waals surface area (Å²) >= 11 is 0. The molecule has 0 bridgehead atoms. The topological polar surface area (TPSA) is 85.1 Å². The Morgan fingerprint density at radius 1 is 1.67 bits per heavy atom. The quantitative estimate of drug-likeness (QED) is 0.462. The van der Waals surface area contributed by atoms with Gasteiger partial charge in [-0.2, -0.15) is 0 Å². The molecule has 6 heteroatoms. The largest absolute Gasteiger partial charge is 0.373 e. The second-order valence-electron chi connectivity index (χ2n) is 2.87. The molecule has 0 amide bonds. The zero-order valence-corrected chi connectivity index (χ0v) is 8.48. The van der Waals surface area contributed by atoms with Crippen LogP contribution in [0.25, 0.3) is 0 Å². The van der Waals surface area contributed by atoms with Gasteiger partial charge in [0.2, 0.25) is 0 Å². The van der Waals surface area contributed by atoms with Crippen LogP contribution in [-0.2, 0) is 0 Å². The molecule has 0 unspecified atom stereocenters. The molecular formula is C9H11N3O3. The SMILES string of the molecule is CCC(=O)c1cc([N+](=O)[O-])cnc1NC. The fraction of sp³-hybridized carbons (Fsp3) is 0.333. The van der Waals surface area contributed by atoms with Crippen LogP contribution < -0.4 is 5.32 Å². The molecule has 0 aliphatic heterocycles. The fourth-order valence-electron chi connectivity index (χ4n) is 1.16. The van der Waals surface area contributed by atoms with Gasteiger partial charge in [-0.25, -0.2) is 4.98 Å². The highest BCUT2D eigenvalue weighted by Crippen LogP contribution is 2.19. The van der Waals surface area contributed by atoms with E-state index in [1.165, 1.54) is 6.07 Å². The first-order valence-corrected chi connectivity index (χ1v) is 4.45. The summed E-state index contributed by atoms with van der Waals surface area (Å²) in [5.74, 6) is 0.197. The number of Topliss-reactive ketones (excluding diaryl/α,β-unsaturated/α-hetero) is 1. The Labute approximate surface area is 86.5 Å². The van der Waals surface area contributed by atoms with Gasteiger partial charge in [0.1, 0.15) is 12.0 Å². The number of ketones is 1. The van der Waals surface area contributed by atoms with Crippen molar-refractivity contribution in [1.82, 2.24) is 4.98 Å². The number of nitro groups is 1. The van der Waals surface area contributed by atoms with Crippen LogP contribution in [0.1, 0.15) is 23.7 Å². The monoisotopic (exact) mass is 209 g/mol. The molecule has 80 valence electrons. The van der Waals surface area contributed by atoms with E-state index in [1.54, 1.807) is 14.0 Å². The van der Waals surface area contributed by atoms with Crippen molar-refractivity contribution in [3.8, 4) is 0 Å². The normalized spacial score (nSPS) is 9.73. The highest BCUT2D eigenvalue weighted by Gasteiger charge is 2.15. The van der Waals surface area contributed by atoms with Gasteiger partial charge in [0.25, 0.3) is 5.69 Å². The van der Waals surface area contributed by atoms with Crippen LogP contribution in [0.4, 0.5) is 11.5 Å². The van der Waals surface area contributed by atoms with Gasteiger partial charge in [-0.15, -0.1) is 0 Å².